The van der Waals surface area contributed by atoms with Gasteiger partial charge in [-0.05, 0) is 24.7 Å². The molecule has 4 nitrogen and oxygen atoms in total. The largest absolute Gasteiger partial charge is 0.389 e. The highest BCUT2D eigenvalue weighted by molar-refractivity contribution is 4.93. The number of hydrogen-bond acceptors (Lipinski definition) is 4. The molecule has 1 aliphatic carbocycles. The van der Waals surface area contributed by atoms with Crippen molar-refractivity contribution in [2.45, 2.75) is 32.3 Å². The van der Waals surface area contributed by atoms with Gasteiger partial charge in [0.2, 0.25) is 0 Å². The van der Waals surface area contributed by atoms with E-state index in [0.717, 1.165) is 6.54 Å². The van der Waals surface area contributed by atoms with E-state index in [1.807, 2.05) is 0 Å². The predicted octanol–water partition coefficient (Wildman–Crippen LogP) is 0.790. The molecular formula is C12H25NO3. The summed E-state index contributed by atoms with van der Waals surface area (Å²) in [6.07, 6.45) is 3.48. The predicted molar refractivity (Wildman–Crippen MR) is 63.5 cm³/mol. The van der Waals surface area contributed by atoms with E-state index >= 15 is 0 Å². The van der Waals surface area contributed by atoms with Gasteiger partial charge in [0.1, 0.15) is 0 Å². The maximum Gasteiger partial charge on any atom is 0.0897 e. The van der Waals surface area contributed by atoms with Crippen LogP contribution in [0.15, 0.2) is 0 Å². The summed E-state index contributed by atoms with van der Waals surface area (Å²) >= 11 is 0. The van der Waals surface area contributed by atoms with Crippen molar-refractivity contribution in [3.05, 3.63) is 0 Å². The van der Waals surface area contributed by atoms with Crippen LogP contribution in [-0.2, 0) is 9.47 Å². The first kappa shape index (κ1) is 13.9. The van der Waals surface area contributed by atoms with E-state index in [0.29, 0.717) is 31.8 Å². The third-order valence-electron chi connectivity index (χ3n) is 3.33. The molecule has 0 aromatic rings. The van der Waals surface area contributed by atoms with E-state index in [1.165, 1.54) is 19.3 Å². The number of ether oxygens (including phenoxy) is 2. The van der Waals surface area contributed by atoms with Crippen molar-refractivity contribution in [2.75, 3.05) is 40.0 Å². The average Bonchev–Trinajstić information content (AvgIpc) is 3.05. The van der Waals surface area contributed by atoms with E-state index in [1.54, 1.807) is 7.11 Å². The molecule has 4 heteroatoms. The summed E-state index contributed by atoms with van der Waals surface area (Å²) in [6, 6.07) is 0. The Bertz CT molecular complexity index is 183. The zero-order chi connectivity index (χ0) is 11.9. The van der Waals surface area contributed by atoms with Crippen molar-refractivity contribution in [3.63, 3.8) is 0 Å². The molecule has 96 valence electrons. The lowest BCUT2D eigenvalue weighted by atomic mass is 10.0. The Morgan fingerprint density at radius 3 is 2.69 bits per heavy atom. The summed E-state index contributed by atoms with van der Waals surface area (Å²) < 4.78 is 10.1. The fourth-order valence-corrected chi connectivity index (χ4v) is 1.76. The first-order valence-corrected chi connectivity index (χ1v) is 6.18. The summed E-state index contributed by atoms with van der Waals surface area (Å²) in [5, 5.41) is 12.9. The van der Waals surface area contributed by atoms with Crippen LogP contribution < -0.4 is 5.32 Å². The van der Waals surface area contributed by atoms with E-state index in [4.69, 9.17) is 9.47 Å². The molecule has 1 saturated carbocycles. The maximum atomic E-state index is 9.61. The van der Waals surface area contributed by atoms with E-state index < -0.39 is 6.10 Å². The van der Waals surface area contributed by atoms with Crippen molar-refractivity contribution in [3.8, 4) is 0 Å². The summed E-state index contributed by atoms with van der Waals surface area (Å²) in [5.41, 5.74) is 0.538. The number of rotatable bonds is 10. The number of aliphatic hydroxyl groups excluding tert-OH is 1. The molecule has 1 atom stereocenters. The molecule has 0 amide bonds. The Hall–Kier alpha value is -0.160. The lowest BCUT2D eigenvalue weighted by Gasteiger charge is -2.16. The molecule has 1 fully saturated rings. The smallest absolute Gasteiger partial charge is 0.0897 e. The fraction of sp³-hybridized carbons (Fsp3) is 1.00. The van der Waals surface area contributed by atoms with Gasteiger partial charge in [0.25, 0.3) is 0 Å². The molecule has 2 N–H and O–H groups in total. The molecule has 0 saturated heterocycles. The summed E-state index contributed by atoms with van der Waals surface area (Å²) in [4.78, 5) is 0. The number of aliphatic hydroxyl groups is 1. The second-order valence-electron chi connectivity index (χ2n) is 4.71. The van der Waals surface area contributed by atoms with Gasteiger partial charge >= 0.3 is 0 Å². The van der Waals surface area contributed by atoms with Crippen molar-refractivity contribution in [1.29, 1.82) is 0 Å². The Morgan fingerprint density at radius 2 is 2.12 bits per heavy atom. The van der Waals surface area contributed by atoms with Crippen molar-refractivity contribution < 1.29 is 14.6 Å². The highest BCUT2D eigenvalue weighted by Crippen LogP contribution is 2.47. The van der Waals surface area contributed by atoms with E-state index in [9.17, 15) is 5.11 Å². The Balaban J connectivity index is 1.92. The van der Waals surface area contributed by atoms with Crippen LogP contribution in [0.25, 0.3) is 0 Å². The standard InChI is InChI=1S/C12H25NO3/c1-3-12(4-5-12)10-13-8-11(14)9-16-7-6-15-2/h11,13-14H,3-10H2,1-2H3. The van der Waals surface area contributed by atoms with Crippen LogP contribution in [0.5, 0.6) is 0 Å². The molecule has 0 aromatic carbocycles. The number of hydrogen-bond donors (Lipinski definition) is 2. The molecule has 0 radical (unpaired) electrons. The molecule has 1 unspecified atom stereocenters. The molecule has 0 spiro atoms. The topological polar surface area (TPSA) is 50.7 Å². The number of methoxy groups -OCH3 is 1. The second kappa shape index (κ2) is 7.22. The van der Waals surface area contributed by atoms with Gasteiger partial charge in [0.15, 0.2) is 0 Å². The molecule has 0 heterocycles. The number of nitrogens with one attached hydrogen (secondary N) is 1. The van der Waals surface area contributed by atoms with Gasteiger partial charge in [-0.3, -0.25) is 0 Å². The average molecular weight is 231 g/mol. The molecule has 0 bridgehead atoms. The normalized spacial score (nSPS) is 19.7. The maximum absolute atomic E-state index is 9.61. The molecule has 1 aliphatic rings. The molecule has 1 rings (SSSR count). The second-order valence-corrected chi connectivity index (χ2v) is 4.71. The summed E-state index contributed by atoms with van der Waals surface area (Å²) in [7, 11) is 1.64. The molecule has 0 aliphatic heterocycles. The molecule has 0 aromatic heterocycles. The third kappa shape index (κ3) is 5.25. The van der Waals surface area contributed by atoms with Gasteiger partial charge in [-0.1, -0.05) is 6.92 Å². The summed E-state index contributed by atoms with van der Waals surface area (Å²) in [6.45, 7) is 5.40. The van der Waals surface area contributed by atoms with Crippen LogP contribution in [0.3, 0.4) is 0 Å². The van der Waals surface area contributed by atoms with Gasteiger partial charge in [0, 0.05) is 20.2 Å². The SMILES string of the molecule is CCC1(CNCC(O)COCCOC)CC1. The lowest BCUT2D eigenvalue weighted by Crippen LogP contribution is -2.34. The monoisotopic (exact) mass is 231 g/mol. The highest BCUT2D eigenvalue weighted by Gasteiger charge is 2.39. The fourth-order valence-electron chi connectivity index (χ4n) is 1.76. The van der Waals surface area contributed by atoms with Crippen LogP contribution in [0.4, 0.5) is 0 Å². The minimum atomic E-state index is -0.412. The van der Waals surface area contributed by atoms with E-state index in [-0.39, 0.29) is 0 Å². The van der Waals surface area contributed by atoms with Crippen molar-refractivity contribution >= 4 is 0 Å². The van der Waals surface area contributed by atoms with Crippen LogP contribution in [0.2, 0.25) is 0 Å². The Labute approximate surface area is 98.3 Å². The molecule has 16 heavy (non-hydrogen) atoms. The van der Waals surface area contributed by atoms with Crippen molar-refractivity contribution in [1.82, 2.24) is 5.32 Å². The van der Waals surface area contributed by atoms with Gasteiger partial charge in [-0.25, -0.2) is 0 Å². The Kier molecular flexibility index (Phi) is 6.28. The Morgan fingerprint density at radius 1 is 1.38 bits per heavy atom. The first-order valence-electron chi connectivity index (χ1n) is 6.18. The summed E-state index contributed by atoms with van der Waals surface area (Å²) in [5.74, 6) is 0. The van der Waals surface area contributed by atoms with Crippen LogP contribution in [-0.4, -0.2) is 51.2 Å². The molecular weight excluding hydrogens is 206 g/mol. The van der Waals surface area contributed by atoms with Gasteiger partial charge in [-0.15, -0.1) is 0 Å². The first-order chi connectivity index (χ1) is 7.72. The minimum Gasteiger partial charge on any atom is -0.389 e. The van der Waals surface area contributed by atoms with Gasteiger partial charge in [-0.2, -0.15) is 0 Å². The van der Waals surface area contributed by atoms with Gasteiger partial charge in [0.05, 0.1) is 25.9 Å². The minimum absolute atomic E-state index is 0.384. The quantitative estimate of drug-likeness (QED) is 0.546. The van der Waals surface area contributed by atoms with E-state index in [2.05, 4.69) is 12.2 Å². The lowest BCUT2D eigenvalue weighted by molar-refractivity contribution is 0.0134. The van der Waals surface area contributed by atoms with Crippen LogP contribution in [0.1, 0.15) is 26.2 Å². The van der Waals surface area contributed by atoms with Crippen LogP contribution in [0, 0.1) is 5.41 Å². The van der Waals surface area contributed by atoms with Gasteiger partial charge < -0.3 is 19.9 Å². The highest BCUT2D eigenvalue weighted by atomic mass is 16.5. The van der Waals surface area contributed by atoms with Crippen molar-refractivity contribution in [2.24, 2.45) is 5.41 Å². The zero-order valence-corrected chi connectivity index (χ0v) is 10.5. The zero-order valence-electron chi connectivity index (χ0n) is 10.5. The third-order valence-corrected chi connectivity index (χ3v) is 3.33. The van der Waals surface area contributed by atoms with Crippen LogP contribution >= 0.6 is 0 Å².